The van der Waals surface area contributed by atoms with E-state index in [-0.39, 0.29) is 17.8 Å². The van der Waals surface area contributed by atoms with Crippen molar-refractivity contribution in [3.63, 3.8) is 0 Å². The molecule has 15 heavy (non-hydrogen) atoms. The molecule has 3 N–H and O–H groups in total. The van der Waals surface area contributed by atoms with E-state index in [0.29, 0.717) is 6.42 Å². The lowest BCUT2D eigenvalue weighted by Crippen LogP contribution is -2.42. The molecule has 0 spiro atoms. The van der Waals surface area contributed by atoms with E-state index in [1.54, 1.807) is 6.08 Å². The molecule has 5 heteroatoms. The summed E-state index contributed by atoms with van der Waals surface area (Å²) in [7, 11) is -3.14. The van der Waals surface area contributed by atoms with Crippen molar-refractivity contribution < 1.29 is 8.42 Å². The van der Waals surface area contributed by atoms with E-state index in [4.69, 9.17) is 5.73 Å². The minimum atomic E-state index is -3.14. The summed E-state index contributed by atoms with van der Waals surface area (Å²) in [6.07, 6.45) is 5.79. The van der Waals surface area contributed by atoms with Gasteiger partial charge in [0, 0.05) is 12.1 Å². The molecule has 0 bridgehead atoms. The molecule has 0 aromatic carbocycles. The summed E-state index contributed by atoms with van der Waals surface area (Å²) in [5.74, 6) is 0.127. The fraction of sp³-hybridized carbons (Fsp3) is 0.800. The maximum Gasteiger partial charge on any atom is 0.212 e. The van der Waals surface area contributed by atoms with E-state index < -0.39 is 10.0 Å². The van der Waals surface area contributed by atoms with E-state index in [0.717, 1.165) is 25.7 Å². The van der Waals surface area contributed by atoms with Crippen molar-refractivity contribution in [3.8, 4) is 0 Å². The molecule has 1 rings (SSSR count). The predicted octanol–water partition coefficient (Wildman–Crippen LogP) is 0.752. The van der Waals surface area contributed by atoms with Crippen LogP contribution in [0, 0.1) is 0 Å². The van der Waals surface area contributed by atoms with E-state index >= 15 is 0 Å². The van der Waals surface area contributed by atoms with Gasteiger partial charge < -0.3 is 5.73 Å². The van der Waals surface area contributed by atoms with Crippen molar-refractivity contribution in [3.05, 3.63) is 12.7 Å². The molecule has 1 aliphatic rings. The molecule has 1 fully saturated rings. The zero-order valence-electron chi connectivity index (χ0n) is 8.98. The second kappa shape index (κ2) is 5.63. The first kappa shape index (κ1) is 12.7. The molecular formula is C10H20N2O2S. The minimum absolute atomic E-state index is 0.0311. The van der Waals surface area contributed by atoms with Crippen molar-refractivity contribution in [1.29, 1.82) is 0 Å². The number of hydrogen-bond acceptors (Lipinski definition) is 3. The summed E-state index contributed by atoms with van der Waals surface area (Å²) >= 11 is 0. The van der Waals surface area contributed by atoms with E-state index in [1.807, 2.05) is 0 Å². The molecule has 0 aliphatic heterocycles. The third kappa shape index (κ3) is 4.77. The molecule has 4 nitrogen and oxygen atoms in total. The average Bonchev–Trinajstić information content (AvgIpc) is 2.14. The van der Waals surface area contributed by atoms with Crippen LogP contribution in [0.2, 0.25) is 0 Å². The average molecular weight is 232 g/mol. The Labute approximate surface area is 92.0 Å². The number of allylic oxidation sites excluding steroid dienone is 1. The zero-order chi connectivity index (χ0) is 11.3. The van der Waals surface area contributed by atoms with Crippen molar-refractivity contribution in [2.24, 2.45) is 5.73 Å². The maximum absolute atomic E-state index is 11.6. The number of nitrogens with two attached hydrogens (primary N) is 1. The lowest BCUT2D eigenvalue weighted by Gasteiger charge is -2.27. The Balaban J connectivity index is 2.42. The lowest BCUT2D eigenvalue weighted by atomic mass is 9.92. The van der Waals surface area contributed by atoms with Crippen LogP contribution in [0.15, 0.2) is 12.7 Å². The molecule has 0 radical (unpaired) electrons. The largest absolute Gasteiger partial charge is 0.328 e. The van der Waals surface area contributed by atoms with Gasteiger partial charge in [0.2, 0.25) is 10.0 Å². The van der Waals surface area contributed by atoms with Gasteiger partial charge in [-0.1, -0.05) is 12.5 Å². The third-order valence-electron chi connectivity index (χ3n) is 2.65. The van der Waals surface area contributed by atoms with Gasteiger partial charge in [-0.3, -0.25) is 0 Å². The highest BCUT2D eigenvalue weighted by molar-refractivity contribution is 7.89. The van der Waals surface area contributed by atoms with Crippen LogP contribution in [-0.4, -0.2) is 26.3 Å². The van der Waals surface area contributed by atoms with Gasteiger partial charge in [0.1, 0.15) is 0 Å². The summed E-state index contributed by atoms with van der Waals surface area (Å²) in [4.78, 5) is 0. The Bertz CT molecular complexity index is 301. The molecule has 0 amide bonds. The zero-order valence-corrected chi connectivity index (χ0v) is 9.80. The molecule has 1 aliphatic carbocycles. The monoisotopic (exact) mass is 232 g/mol. The van der Waals surface area contributed by atoms with Crippen molar-refractivity contribution in [2.75, 3.05) is 5.75 Å². The Morgan fingerprint density at radius 3 is 2.80 bits per heavy atom. The van der Waals surface area contributed by atoms with Crippen LogP contribution < -0.4 is 10.5 Å². The smallest absolute Gasteiger partial charge is 0.212 e. The lowest BCUT2D eigenvalue weighted by molar-refractivity contribution is 0.371. The third-order valence-corrected chi connectivity index (χ3v) is 4.12. The fourth-order valence-corrected chi connectivity index (χ4v) is 3.20. The van der Waals surface area contributed by atoms with Gasteiger partial charge in [0.25, 0.3) is 0 Å². The quantitative estimate of drug-likeness (QED) is 0.687. The number of hydrogen-bond donors (Lipinski definition) is 2. The van der Waals surface area contributed by atoms with Crippen LogP contribution in [0.1, 0.15) is 32.1 Å². The van der Waals surface area contributed by atoms with Crippen molar-refractivity contribution in [1.82, 2.24) is 4.72 Å². The Hall–Kier alpha value is -0.390. The standard InChI is InChI=1S/C10H20N2O2S/c1-2-3-7-15(13,14)12-10-6-4-5-9(11)8-10/h2,9-10,12H,1,3-8,11H2. The van der Waals surface area contributed by atoms with Gasteiger partial charge >= 0.3 is 0 Å². The predicted molar refractivity (Wildman–Crippen MR) is 62.0 cm³/mol. The van der Waals surface area contributed by atoms with Crippen LogP contribution >= 0.6 is 0 Å². The van der Waals surface area contributed by atoms with Crippen molar-refractivity contribution in [2.45, 2.75) is 44.2 Å². The number of rotatable bonds is 5. The van der Waals surface area contributed by atoms with Crippen molar-refractivity contribution >= 4 is 10.0 Å². The molecule has 0 saturated heterocycles. The molecule has 2 unspecified atom stereocenters. The molecule has 0 aromatic rings. The van der Waals surface area contributed by atoms with Gasteiger partial charge in [-0.05, 0) is 25.7 Å². The summed E-state index contributed by atoms with van der Waals surface area (Å²) in [6, 6.07) is 0.175. The molecule has 88 valence electrons. The van der Waals surface area contributed by atoms with Crippen LogP contribution in [0.25, 0.3) is 0 Å². The maximum atomic E-state index is 11.6. The SMILES string of the molecule is C=CCCS(=O)(=O)NC1CCCC(N)C1. The molecular weight excluding hydrogens is 212 g/mol. The second-order valence-electron chi connectivity index (χ2n) is 4.14. The molecule has 0 aromatic heterocycles. The summed E-state index contributed by atoms with van der Waals surface area (Å²) in [5.41, 5.74) is 5.79. The van der Waals surface area contributed by atoms with Gasteiger partial charge in [-0.2, -0.15) is 0 Å². The van der Waals surface area contributed by atoms with Crippen LogP contribution in [0.3, 0.4) is 0 Å². The van der Waals surface area contributed by atoms with E-state index in [9.17, 15) is 8.42 Å². The second-order valence-corrected chi connectivity index (χ2v) is 6.01. The van der Waals surface area contributed by atoms with Gasteiger partial charge in [-0.25, -0.2) is 13.1 Å². The van der Waals surface area contributed by atoms with Gasteiger partial charge in [0.15, 0.2) is 0 Å². The van der Waals surface area contributed by atoms with Crippen LogP contribution in [0.4, 0.5) is 0 Å². The van der Waals surface area contributed by atoms with E-state index in [2.05, 4.69) is 11.3 Å². The highest BCUT2D eigenvalue weighted by Gasteiger charge is 2.23. The first-order valence-corrected chi connectivity index (χ1v) is 7.05. The Morgan fingerprint density at radius 1 is 1.47 bits per heavy atom. The summed E-state index contributed by atoms with van der Waals surface area (Å²) in [6.45, 7) is 3.51. The highest BCUT2D eigenvalue weighted by atomic mass is 32.2. The minimum Gasteiger partial charge on any atom is -0.328 e. The van der Waals surface area contributed by atoms with Crippen LogP contribution in [0.5, 0.6) is 0 Å². The normalized spacial score (nSPS) is 27.5. The Morgan fingerprint density at radius 2 is 2.20 bits per heavy atom. The summed E-state index contributed by atoms with van der Waals surface area (Å²) < 4.78 is 25.8. The number of sulfonamides is 1. The molecule has 1 saturated carbocycles. The number of nitrogens with one attached hydrogen (secondary N) is 1. The first-order valence-electron chi connectivity index (χ1n) is 5.40. The molecule has 0 heterocycles. The molecule has 2 atom stereocenters. The van der Waals surface area contributed by atoms with Gasteiger partial charge in [0.05, 0.1) is 5.75 Å². The topological polar surface area (TPSA) is 72.2 Å². The highest BCUT2D eigenvalue weighted by Crippen LogP contribution is 2.17. The fourth-order valence-electron chi connectivity index (χ4n) is 1.89. The first-order chi connectivity index (χ1) is 7.03. The summed E-state index contributed by atoms with van der Waals surface area (Å²) in [5, 5.41) is 0. The van der Waals surface area contributed by atoms with Gasteiger partial charge in [-0.15, -0.1) is 6.58 Å². The van der Waals surface area contributed by atoms with Crippen LogP contribution in [-0.2, 0) is 10.0 Å². The Kier molecular flexibility index (Phi) is 4.76. The van der Waals surface area contributed by atoms with E-state index in [1.165, 1.54) is 0 Å².